The summed E-state index contributed by atoms with van der Waals surface area (Å²) in [5.74, 6) is -0.324. The van der Waals surface area contributed by atoms with Gasteiger partial charge in [-0.05, 0) is 42.2 Å². The van der Waals surface area contributed by atoms with Crippen molar-refractivity contribution in [1.29, 1.82) is 0 Å². The third-order valence-electron chi connectivity index (χ3n) is 4.36. The van der Waals surface area contributed by atoms with Crippen LogP contribution in [0, 0.1) is 5.92 Å². The maximum atomic E-state index is 13.0. The molecular weight excluding hydrogens is 417 g/mol. The molecule has 0 aliphatic rings. The van der Waals surface area contributed by atoms with Gasteiger partial charge in [-0.3, -0.25) is 4.79 Å². The molecule has 1 amide bonds. The monoisotopic (exact) mass is 442 g/mol. The number of carbonyl (C=O) groups is 1. The zero-order chi connectivity index (χ0) is 22.4. The Morgan fingerprint density at radius 3 is 2.30 bits per heavy atom. The van der Waals surface area contributed by atoms with Crippen molar-refractivity contribution in [3.8, 4) is 0 Å². The summed E-state index contributed by atoms with van der Waals surface area (Å²) in [5, 5.41) is 2.73. The lowest BCUT2D eigenvalue weighted by atomic mass is 9.95. The van der Waals surface area contributed by atoms with Crippen LogP contribution in [0.3, 0.4) is 0 Å². The predicted molar refractivity (Wildman–Crippen MR) is 108 cm³/mol. The smallest absolute Gasteiger partial charge is 0.349 e. The maximum absolute atomic E-state index is 13.0. The first-order valence-electron chi connectivity index (χ1n) is 9.50. The summed E-state index contributed by atoms with van der Waals surface area (Å²) in [5.41, 5.74) is -0.421. The van der Waals surface area contributed by atoms with Crippen molar-refractivity contribution in [1.82, 2.24) is 10.0 Å². The summed E-state index contributed by atoms with van der Waals surface area (Å²) in [6.07, 6.45) is -4.17. The van der Waals surface area contributed by atoms with Crippen molar-refractivity contribution >= 4 is 15.9 Å². The van der Waals surface area contributed by atoms with Crippen molar-refractivity contribution < 1.29 is 26.4 Å². The average molecular weight is 443 g/mol. The minimum Gasteiger partial charge on any atom is -0.349 e. The number of hydrogen-bond acceptors (Lipinski definition) is 3. The molecule has 0 aliphatic heterocycles. The highest BCUT2D eigenvalue weighted by atomic mass is 32.2. The first kappa shape index (κ1) is 23.9. The Balaban J connectivity index is 2.02. The first-order valence-corrected chi connectivity index (χ1v) is 11.0. The number of sulfonamides is 1. The van der Waals surface area contributed by atoms with Gasteiger partial charge in [0, 0.05) is 13.0 Å². The molecule has 1 unspecified atom stereocenters. The van der Waals surface area contributed by atoms with Crippen LogP contribution >= 0.6 is 0 Å². The van der Waals surface area contributed by atoms with Crippen molar-refractivity contribution in [3.63, 3.8) is 0 Å². The van der Waals surface area contributed by atoms with Gasteiger partial charge in [0.2, 0.25) is 15.9 Å². The van der Waals surface area contributed by atoms with Crippen LogP contribution in [0.4, 0.5) is 13.2 Å². The van der Waals surface area contributed by atoms with Gasteiger partial charge in [0.15, 0.2) is 0 Å². The molecule has 0 fully saturated rings. The Kier molecular flexibility index (Phi) is 8.03. The molecule has 9 heteroatoms. The Hall–Kier alpha value is -2.39. The van der Waals surface area contributed by atoms with Crippen molar-refractivity contribution in [2.45, 2.75) is 43.8 Å². The number of carbonyl (C=O) groups excluding carboxylic acids is 1. The van der Waals surface area contributed by atoms with Gasteiger partial charge in [0.1, 0.15) is 0 Å². The summed E-state index contributed by atoms with van der Waals surface area (Å²) >= 11 is 0. The molecule has 0 heterocycles. The lowest BCUT2D eigenvalue weighted by Crippen LogP contribution is -2.33. The second kappa shape index (κ2) is 10.1. The van der Waals surface area contributed by atoms with Crippen molar-refractivity contribution in [3.05, 3.63) is 65.7 Å². The maximum Gasteiger partial charge on any atom is 0.416 e. The van der Waals surface area contributed by atoms with E-state index in [9.17, 15) is 26.4 Å². The second-order valence-electron chi connectivity index (χ2n) is 7.33. The molecule has 0 saturated carbocycles. The van der Waals surface area contributed by atoms with E-state index in [0.717, 1.165) is 12.1 Å². The van der Waals surface area contributed by atoms with Gasteiger partial charge in [-0.1, -0.05) is 44.2 Å². The summed E-state index contributed by atoms with van der Waals surface area (Å²) in [6.45, 7) is 3.68. The summed E-state index contributed by atoms with van der Waals surface area (Å²) < 4.78 is 65.8. The highest BCUT2D eigenvalue weighted by molar-refractivity contribution is 7.89. The molecule has 0 bridgehead atoms. The van der Waals surface area contributed by atoms with Gasteiger partial charge in [-0.2, -0.15) is 13.2 Å². The Morgan fingerprint density at radius 2 is 1.70 bits per heavy atom. The highest BCUT2D eigenvalue weighted by Crippen LogP contribution is 2.32. The van der Waals surface area contributed by atoms with E-state index < -0.39 is 33.7 Å². The largest absolute Gasteiger partial charge is 0.416 e. The van der Waals surface area contributed by atoms with Crippen LogP contribution in [-0.2, 0) is 21.0 Å². The van der Waals surface area contributed by atoms with Crippen LogP contribution in [-0.4, -0.2) is 20.9 Å². The van der Waals surface area contributed by atoms with Crippen LogP contribution in [0.2, 0.25) is 0 Å². The molecule has 0 spiro atoms. The third-order valence-corrected chi connectivity index (χ3v) is 5.83. The van der Waals surface area contributed by atoms with Crippen LogP contribution in [0.5, 0.6) is 0 Å². The predicted octanol–water partition coefficient (Wildman–Crippen LogP) is 4.28. The molecule has 0 aromatic heterocycles. The molecular formula is C21H25F3N2O3S. The molecule has 2 aromatic rings. The van der Waals surface area contributed by atoms with Crippen LogP contribution in [0.25, 0.3) is 0 Å². The minimum atomic E-state index is -4.47. The number of hydrogen-bond donors (Lipinski definition) is 2. The van der Waals surface area contributed by atoms with E-state index >= 15 is 0 Å². The average Bonchev–Trinajstić information content (AvgIpc) is 2.67. The zero-order valence-corrected chi connectivity index (χ0v) is 17.6. The van der Waals surface area contributed by atoms with E-state index in [1.165, 1.54) is 18.2 Å². The number of rotatable bonds is 9. The number of nitrogens with one attached hydrogen (secondary N) is 2. The summed E-state index contributed by atoms with van der Waals surface area (Å²) in [4.78, 5) is 12.4. The molecule has 0 saturated heterocycles. The molecule has 30 heavy (non-hydrogen) atoms. The van der Waals surface area contributed by atoms with Crippen LogP contribution in [0.15, 0.2) is 59.5 Å². The molecule has 2 rings (SSSR count). The molecule has 164 valence electrons. The number of amides is 1. The highest BCUT2D eigenvalue weighted by Gasteiger charge is 2.31. The van der Waals surface area contributed by atoms with Crippen molar-refractivity contribution in [2.75, 3.05) is 6.54 Å². The van der Waals surface area contributed by atoms with E-state index in [4.69, 9.17) is 0 Å². The lowest BCUT2D eigenvalue weighted by molar-refractivity contribution is -0.137. The standard InChI is InChI=1S/C21H25F3N2O3S/c1-15(2)13-19(16-7-6-8-17(14-16)21(22,23)24)26-20(27)11-12-25-30(28,29)18-9-4-3-5-10-18/h3-10,14-15,19,25H,11-13H2,1-2H3,(H,26,27). The van der Waals surface area contributed by atoms with E-state index in [2.05, 4.69) is 10.0 Å². The van der Waals surface area contributed by atoms with Gasteiger partial charge in [-0.25, -0.2) is 13.1 Å². The number of halogens is 3. The van der Waals surface area contributed by atoms with Gasteiger partial charge in [0.25, 0.3) is 0 Å². The van der Waals surface area contributed by atoms with Gasteiger partial charge < -0.3 is 5.32 Å². The zero-order valence-electron chi connectivity index (χ0n) is 16.7. The second-order valence-corrected chi connectivity index (χ2v) is 9.10. The molecule has 0 aliphatic carbocycles. The van der Waals surface area contributed by atoms with Gasteiger partial charge >= 0.3 is 6.18 Å². The Morgan fingerprint density at radius 1 is 1.03 bits per heavy atom. The fourth-order valence-corrected chi connectivity index (χ4v) is 3.98. The van der Waals surface area contributed by atoms with Crippen LogP contribution in [0.1, 0.15) is 43.9 Å². The van der Waals surface area contributed by atoms with Gasteiger partial charge in [0.05, 0.1) is 16.5 Å². The summed E-state index contributed by atoms with van der Waals surface area (Å²) in [7, 11) is -3.73. The molecule has 0 radical (unpaired) electrons. The van der Waals surface area contributed by atoms with Gasteiger partial charge in [-0.15, -0.1) is 0 Å². The van der Waals surface area contributed by atoms with E-state index in [1.807, 2.05) is 13.8 Å². The van der Waals surface area contributed by atoms with E-state index in [1.54, 1.807) is 24.3 Å². The molecule has 1 atom stereocenters. The number of alkyl halides is 3. The normalized spacial score (nSPS) is 13.3. The van der Waals surface area contributed by atoms with Crippen molar-refractivity contribution in [2.24, 2.45) is 5.92 Å². The number of benzene rings is 2. The van der Waals surface area contributed by atoms with E-state index in [-0.39, 0.29) is 23.8 Å². The first-order chi connectivity index (χ1) is 14.0. The Bertz CT molecular complexity index is 945. The third kappa shape index (κ3) is 7.14. The fourth-order valence-electron chi connectivity index (χ4n) is 2.93. The SMILES string of the molecule is CC(C)CC(NC(=O)CCNS(=O)(=O)c1ccccc1)c1cccc(C(F)(F)F)c1. The van der Waals surface area contributed by atoms with Crippen LogP contribution < -0.4 is 10.0 Å². The summed E-state index contributed by atoms with van der Waals surface area (Å²) in [6, 6.07) is 12.0. The topological polar surface area (TPSA) is 75.3 Å². The molecule has 5 nitrogen and oxygen atoms in total. The fraction of sp³-hybridized carbons (Fsp3) is 0.381. The molecule has 2 N–H and O–H groups in total. The van der Waals surface area contributed by atoms with E-state index in [0.29, 0.717) is 12.0 Å². The quantitative estimate of drug-likeness (QED) is 0.609. The molecule has 2 aromatic carbocycles. The minimum absolute atomic E-state index is 0.0899. The Labute approximate surface area is 174 Å². The lowest BCUT2D eigenvalue weighted by Gasteiger charge is -2.22.